The molecule has 1 aromatic rings. The molecule has 0 radical (unpaired) electrons. The van der Waals surface area contributed by atoms with E-state index in [2.05, 4.69) is 4.99 Å². The van der Waals surface area contributed by atoms with Crippen molar-refractivity contribution in [2.75, 3.05) is 0 Å². The van der Waals surface area contributed by atoms with Crippen LogP contribution in [-0.4, -0.2) is 38.3 Å². The van der Waals surface area contributed by atoms with E-state index in [0.29, 0.717) is 23.5 Å². The molecule has 5 heteroatoms. The average molecular weight is 274 g/mol. The first kappa shape index (κ1) is 13.3. The molecule has 1 aliphatic carbocycles. The lowest BCUT2D eigenvalue weighted by Gasteiger charge is -2.43. The van der Waals surface area contributed by atoms with Crippen LogP contribution in [0.3, 0.4) is 0 Å². The number of hydroxylamine groups is 2. The smallest absolute Gasteiger partial charge is 0.230 e. The number of rotatable bonds is 2. The number of aliphatic hydroxyl groups is 1. The second-order valence-corrected chi connectivity index (χ2v) is 5.74. The van der Waals surface area contributed by atoms with Crippen LogP contribution in [0.25, 0.3) is 0 Å². The van der Waals surface area contributed by atoms with E-state index in [1.165, 1.54) is 0 Å². The largest absolute Gasteiger partial charge is 0.367 e. The monoisotopic (exact) mass is 274 g/mol. The summed E-state index contributed by atoms with van der Waals surface area (Å²) in [6, 6.07) is 8.68. The topological polar surface area (TPSA) is 73.1 Å². The van der Waals surface area contributed by atoms with Crippen LogP contribution < -0.4 is 0 Å². The third kappa shape index (κ3) is 1.70. The van der Waals surface area contributed by atoms with Crippen LogP contribution in [0.5, 0.6) is 0 Å². The van der Waals surface area contributed by atoms with Crippen molar-refractivity contribution in [3.63, 3.8) is 0 Å². The summed E-state index contributed by atoms with van der Waals surface area (Å²) in [5.74, 6) is -0.430. The maximum atomic E-state index is 12.4. The van der Waals surface area contributed by atoms with Gasteiger partial charge in [0.15, 0.2) is 11.6 Å². The van der Waals surface area contributed by atoms with E-state index in [1.807, 2.05) is 6.07 Å². The number of amidine groups is 1. The molecule has 0 aromatic heterocycles. The molecule has 0 bridgehead atoms. The van der Waals surface area contributed by atoms with Gasteiger partial charge in [0.25, 0.3) is 0 Å². The van der Waals surface area contributed by atoms with Crippen molar-refractivity contribution in [3.8, 4) is 0 Å². The predicted molar refractivity (Wildman–Crippen MR) is 73.7 cm³/mol. The van der Waals surface area contributed by atoms with E-state index >= 15 is 0 Å². The van der Waals surface area contributed by atoms with Gasteiger partial charge < -0.3 is 5.11 Å². The van der Waals surface area contributed by atoms with Crippen LogP contribution in [0.1, 0.15) is 43.0 Å². The molecular weight excluding hydrogens is 256 g/mol. The van der Waals surface area contributed by atoms with Crippen molar-refractivity contribution in [2.24, 2.45) is 4.99 Å². The zero-order chi connectivity index (χ0) is 14.4. The van der Waals surface area contributed by atoms with Gasteiger partial charge in [-0.2, -0.15) is 0 Å². The fourth-order valence-electron chi connectivity index (χ4n) is 3.11. The number of ketones is 1. The molecule has 0 amide bonds. The van der Waals surface area contributed by atoms with Crippen LogP contribution in [0.2, 0.25) is 0 Å². The number of hydrogen-bond acceptors (Lipinski definition) is 5. The van der Waals surface area contributed by atoms with E-state index in [1.54, 1.807) is 31.2 Å². The molecule has 1 fully saturated rings. The maximum Gasteiger partial charge on any atom is 0.230 e. The van der Waals surface area contributed by atoms with Crippen LogP contribution in [-0.2, 0) is 0 Å². The molecule has 106 valence electrons. The quantitative estimate of drug-likeness (QED) is 0.809. The normalized spacial score (nSPS) is 32.8. The number of aliphatic imine (C=N–C) groups is 1. The second kappa shape index (κ2) is 4.40. The predicted octanol–water partition coefficient (Wildman–Crippen LogP) is 1.99. The molecule has 20 heavy (non-hydrogen) atoms. The number of fused-ring (bicyclic) bond motifs is 1. The molecular formula is C15H18N2O3. The highest BCUT2D eigenvalue weighted by molar-refractivity contribution is 6.45. The third-order valence-electron chi connectivity index (χ3n) is 4.44. The second-order valence-electron chi connectivity index (χ2n) is 5.74. The van der Waals surface area contributed by atoms with Gasteiger partial charge in [-0.15, -0.1) is 0 Å². The lowest BCUT2D eigenvalue weighted by Crippen LogP contribution is -2.59. The Morgan fingerprint density at radius 2 is 1.90 bits per heavy atom. The Labute approximate surface area is 117 Å². The van der Waals surface area contributed by atoms with E-state index in [9.17, 15) is 15.1 Å². The molecule has 2 N–H and O–H groups in total. The van der Waals surface area contributed by atoms with Gasteiger partial charge in [0.2, 0.25) is 5.78 Å². The first-order chi connectivity index (χ1) is 9.48. The molecule has 0 spiro atoms. The summed E-state index contributed by atoms with van der Waals surface area (Å²) in [7, 11) is 0. The van der Waals surface area contributed by atoms with Gasteiger partial charge in [-0.3, -0.25) is 15.0 Å². The molecule has 1 aliphatic heterocycles. The highest BCUT2D eigenvalue weighted by atomic mass is 16.6. The molecule has 1 saturated carbocycles. The van der Waals surface area contributed by atoms with Crippen molar-refractivity contribution >= 4 is 11.6 Å². The first-order valence-electron chi connectivity index (χ1n) is 6.89. The van der Waals surface area contributed by atoms with Crippen LogP contribution in [0, 0.1) is 0 Å². The van der Waals surface area contributed by atoms with E-state index in [-0.39, 0.29) is 11.6 Å². The summed E-state index contributed by atoms with van der Waals surface area (Å²) in [5.41, 5.74) is -1.83. The molecule has 3 rings (SSSR count). The Morgan fingerprint density at radius 1 is 1.25 bits per heavy atom. The van der Waals surface area contributed by atoms with E-state index < -0.39 is 11.3 Å². The molecule has 0 saturated heterocycles. The number of carbonyl (C=O) groups excluding carboxylic acids is 1. The van der Waals surface area contributed by atoms with Crippen LogP contribution in [0.4, 0.5) is 0 Å². The van der Waals surface area contributed by atoms with E-state index in [4.69, 9.17) is 0 Å². The number of benzene rings is 1. The lowest BCUT2D eigenvalue weighted by molar-refractivity contribution is -0.240. The molecule has 5 nitrogen and oxygen atoms in total. The van der Waals surface area contributed by atoms with E-state index in [0.717, 1.165) is 12.8 Å². The maximum absolute atomic E-state index is 12.4. The van der Waals surface area contributed by atoms with Gasteiger partial charge in [-0.1, -0.05) is 36.8 Å². The fraction of sp³-hybridized carbons (Fsp3) is 0.467. The summed E-state index contributed by atoms with van der Waals surface area (Å²) in [5, 5.41) is 21.7. The minimum atomic E-state index is -1.47. The number of nitrogens with zero attached hydrogens (tertiary/aromatic N) is 2. The van der Waals surface area contributed by atoms with Gasteiger partial charge in [0.1, 0.15) is 5.54 Å². The van der Waals surface area contributed by atoms with Crippen LogP contribution >= 0.6 is 0 Å². The Morgan fingerprint density at radius 3 is 2.55 bits per heavy atom. The minimum absolute atomic E-state index is 0.0666. The molecule has 0 unspecified atom stereocenters. The van der Waals surface area contributed by atoms with Crippen LogP contribution in [0.15, 0.2) is 35.3 Å². The first-order valence-corrected chi connectivity index (χ1v) is 6.89. The van der Waals surface area contributed by atoms with Crippen molar-refractivity contribution in [1.29, 1.82) is 0 Å². The standard InChI is InChI=1S/C15H18N2O3/c1-14-9-5-6-10-15(14,19)17(20)13(16-14)12(18)11-7-3-2-4-8-11/h2-4,7-8,19-20H,5-6,9-10H2,1H3/t14-,15-/m1/s1. The average Bonchev–Trinajstić information content (AvgIpc) is 2.68. The zero-order valence-corrected chi connectivity index (χ0v) is 11.4. The molecule has 2 atom stereocenters. The van der Waals surface area contributed by atoms with Gasteiger partial charge in [0.05, 0.1) is 0 Å². The Hall–Kier alpha value is -1.72. The van der Waals surface area contributed by atoms with Crippen molar-refractivity contribution in [1.82, 2.24) is 5.06 Å². The van der Waals surface area contributed by atoms with Gasteiger partial charge in [-0.05, 0) is 26.2 Å². The lowest BCUT2D eigenvalue weighted by atomic mass is 9.77. The summed E-state index contributed by atoms with van der Waals surface area (Å²) in [4.78, 5) is 16.8. The summed E-state index contributed by atoms with van der Waals surface area (Å²) in [6.07, 6.45) is 2.82. The summed E-state index contributed by atoms with van der Waals surface area (Å²) < 4.78 is 0. The zero-order valence-electron chi connectivity index (χ0n) is 11.4. The van der Waals surface area contributed by atoms with Crippen molar-refractivity contribution in [2.45, 2.75) is 43.9 Å². The third-order valence-corrected chi connectivity index (χ3v) is 4.44. The minimum Gasteiger partial charge on any atom is -0.367 e. The summed E-state index contributed by atoms with van der Waals surface area (Å²) >= 11 is 0. The summed E-state index contributed by atoms with van der Waals surface area (Å²) in [6.45, 7) is 1.79. The molecule has 2 aliphatic rings. The van der Waals surface area contributed by atoms with Crippen molar-refractivity contribution in [3.05, 3.63) is 35.9 Å². The number of carbonyl (C=O) groups is 1. The van der Waals surface area contributed by atoms with Crippen molar-refractivity contribution < 1.29 is 15.1 Å². The SMILES string of the molecule is C[C@@]12CCCC[C@]1(O)N(O)C(C(=O)c1ccccc1)=N2. The highest BCUT2D eigenvalue weighted by Crippen LogP contribution is 2.46. The molecule has 1 aromatic carbocycles. The highest BCUT2D eigenvalue weighted by Gasteiger charge is 2.59. The van der Waals surface area contributed by atoms with Gasteiger partial charge in [-0.25, -0.2) is 5.06 Å². The Bertz CT molecular complexity index is 572. The van der Waals surface area contributed by atoms with Gasteiger partial charge >= 0.3 is 0 Å². The number of Topliss-reactive ketones (excluding diaryl/α,β-unsaturated/α-hetero) is 1. The fourth-order valence-corrected chi connectivity index (χ4v) is 3.11. The number of hydrogen-bond donors (Lipinski definition) is 2. The molecule has 1 heterocycles. The Balaban J connectivity index is 1.99. The Kier molecular flexibility index (Phi) is 2.92. The van der Waals surface area contributed by atoms with Gasteiger partial charge in [0, 0.05) is 5.56 Å².